The van der Waals surface area contributed by atoms with Crippen molar-refractivity contribution in [3.05, 3.63) is 65.7 Å². The molecule has 0 saturated carbocycles. The molecule has 1 heterocycles. The third kappa shape index (κ3) is 3.65. The van der Waals surface area contributed by atoms with E-state index in [1.165, 1.54) is 0 Å². The summed E-state index contributed by atoms with van der Waals surface area (Å²) >= 11 is 0. The molecule has 1 saturated heterocycles. The lowest BCUT2D eigenvalue weighted by atomic mass is 9.96. The van der Waals surface area contributed by atoms with Crippen LogP contribution in [0.15, 0.2) is 54.6 Å². The first-order valence-electron chi connectivity index (χ1n) is 8.32. The fourth-order valence-corrected chi connectivity index (χ4v) is 3.19. The number of ether oxygens (including phenoxy) is 1. The second-order valence-corrected chi connectivity index (χ2v) is 6.27. The summed E-state index contributed by atoms with van der Waals surface area (Å²) < 4.78 is 5.48. The van der Waals surface area contributed by atoms with Crippen LogP contribution in [0.1, 0.15) is 23.6 Å². The molecule has 0 aliphatic carbocycles. The Labute approximate surface area is 147 Å². The van der Waals surface area contributed by atoms with Crippen LogP contribution in [0.3, 0.4) is 0 Å². The molecule has 3 rings (SSSR count). The standard InChI is InChI=1S/C20H22N2O3/c1-22-13-15(12-18(22)23)20(24)21-19(14-8-4-3-5-9-14)16-10-6-7-11-17(16)25-2/h3-11,15,19H,12-13H2,1-2H3,(H,21,24)/t15-,19+/m0/s1. The van der Waals surface area contributed by atoms with Crippen molar-refractivity contribution in [2.24, 2.45) is 5.92 Å². The minimum atomic E-state index is -0.328. The number of carbonyl (C=O) groups excluding carboxylic acids is 2. The Morgan fingerprint density at radius 3 is 2.48 bits per heavy atom. The molecule has 5 heteroatoms. The van der Waals surface area contributed by atoms with E-state index in [1.807, 2.05) is 54.6 Å². The zero-order valence-electron chi connectivity index (χ0n) is 14.4. The van der Waals surface area contributed by atoms with Crippen LogP contribution in [0.25, 0.3) is 0 Å². The molecule has 1 N–H and O–H groups in total. The van der Waals surface area contributed by atoms with Gasteiger partial charge in [0.2, 0.25) is 11.8 Å². The zero-order chi connectivity index (χ0) is 17.8. The summed E-state index contributed by atoms with van der Waals surface area (Å²) in [5.41, 5.74) is 1.86. The monoisotopic (exact) mass is 338 g/mol. The molecule has 5 nitrogen and oxygen atoms in total. The maximum Gasteiger partial charge on any atom is 0.226 e. The third-order valence-electron chi connectivity index (χ3n) is 4.58. The number of rotatable bonds is 5. The lowest BCUT2D eigenvalue weighted by Crippen LogP contribution is -2.35. The molecule has 0 radical (unpaired) electrons. The Kier molecular flexibility index (Phi) is 5.03. The summed E-state index contributed by atoms with van der Waals surface area (Å²) in [5.74, 6) is 0.292. The van der Waals surface area contributed by atoms with Crippen molar-refractivity contribution in [2.75, 3.05) is 20.7 Å². The topological polar surface area (TPSA) is 58.6 Å². The van der Waals surface area contributed by atoms with Crippen LogP contribution < -0.4 is 10.1 Å². The van der Waals surface area contributed by atoms with Gasteiger partial charge >= 0.3 is 0 Å². The Hall–Kier alpha value is -2.82. The molecule has 0 spiro atoms. The molecule has 25 heavy (non-hydrogen) atoms. The molecule has 2 aromatic carbocycles. The van der Waals surface area contributed by atoms with E-state index in [2.05, 4.69) is 5.32 Å². The van der Waals surface area contributed by atoms with Crippen LogP contribution in [0, 0.1) is 5.92 Å². The fraction of sp³-hybridized carbons (Fsp3) is 0.300. The minimum Gasteiger partial charge on any atom is -0.496 e. The van der Waals surface area contributed by atoms with E-state index in [0.717, 1.165) is 16.9 Å². The highest BCUT2D eigenvalue weighted by Gasteiger charge is 2.33. The molecule has 130 valence electrons. The smallest absolute Gasteiger partial charge is 0.226 e. The Bertz CT molecular complexity index is 761. The summed E-state index contributed by atoms with van der Waals surface area (Å²) in [7, 11) is 3.35. The average Bonchev–Trinajstić information content (AvgIpc) is 2.99. The molecule has 1 aliphatic heterocycles. The van der Waals surface area contributed by atoms with Gasteiger partial charge in [-0.2, -0.15) is 0 Å². The van der Waals surface area contributed by atoms with Gasteiger partial charge in [-0.1, -0.05) is 48.5 Å². The highest BCUT2D eigenvalue weighted by molar-refractivity contribution is 5.89. The first kappa shape index (κ1) is 17.0. The van der Waals surface area contributed by atoms with Crippen molar-refractivity contribution in [1.82, 2.24) is 10.2 Å². The Morgan fingerprint density at radius 2 is 1.84 bits per heavy atom. The molecule has 0 aromatic heterocycles. The van der Waals surface area contributed by atoms with Gasteiger partial charge < -0.3 is 15.0 Å². The number of amides is 2. The van der Waals surface area contributed by atoms with Crippen molar-refractivity contribution in [3.63, 3.8) is 0 Å². The van der Waals surface area contributed by atoms with Crippen molar-refractivity contribution < 1.29 is 14.3 Å². The Balaban J connectivity index is 1.90. The van der Waals surface area contributed by atoms with Crippen molar-refractivity contribution in [2.45, 2.75) is 12.5 Å². The average molecular weight is 338 g/mol. The highest BCUT2D eigenvalue weighted by atomic mass is 16.5. The normalized spacial score (nSPS) is 18.1. The molecule has 1 aliphatic rings. The second-order valence-electron chi connectivity index (χ2n) is 6.27. The molecule has 2 aromatic rings. The van der Waals surface area contributed by atoms with E-state index in [1.54, 1.807) is 19.1 Å². The molecule has 0 unspecified atom stereocenters. The van der Waals surface area contributed by atoms with Gasteiger partial charge in [0, 0.05) is 25.6 Å². The van der Waals surface area contributed by atoms with Crippen molar-refractivity contribution in [1.29, 1.82) is 0 Å². The van der Waals surface area contributed by atoms with Crippen molar-refractivity contribution >= 4 is 11.8 Å². The molecule has 1 fully saturated rings. The fourth-order valence-electron chi connectivity index (χ4n) is 3.19. The van der Waals surface area contributed by atoms with Gasteiger partial charge in [-0.05, 0) is 11.6 Å². The van der Waals surface area contributed by atoms with E-state index in [4.69, 9.17) is 4.74 Å². The van der Waals surface area contributed by atoms with Gasteiger partial charge in [-0.25, -0.2) is 0 Å². The van der Waals surface area contributed by atoms with Crippen LogP contribution >= 0.6 is 0 Å². The molecule has 0 bridgehead atoms. The number of nitrogens with zero attached hydrogens (tertiary/aromatic N) is 1. The van der Waals surface area contributed by atoms with E-state index >= 15 is 0 Å². The van der Waals surface area contributed by atoms with E-state index in [0.29, 0.717) is 6.54 Å². The number of hydrogen-bond acceptors (Lipinski definition) is 3. The molecule has 2 amide bonds. The summed E-state index contributed by atoms with van der Waals surface area (Å²) in [6.45, 7) is 0.456. The third-order valence-corrected chi connectivity index (χ3v) is 4.58. The first-order chi connectivity index (χ1) is 12.1. The summed E-state index contributed by atoms with van der Waals surface area (Å²) in [4.78, 5) is 26.1. The first-order valence-corrected chi connectivity index (χ1v) is 8.32. The number of carbonyl (C=O) groups is 2. The minimum absolute atomic E-state index is 0.00806. The molecule has 2 atom stereocenters. The summed E-state index contributed by atoms with van der Waals surface area (Å²) in [6.07, 6.45) is 0.260. The number of benzene rings is 2. The maximum atomic E-state index is 12.8. The van der Waals surface area contributed by atoms with Gasteiger partial charge in [0.15, 0.2) is 0 Å². The van der Waals surface area contributed by atoms with E-state index in [9.17, 15) is 9.59 Å². The summed E-state index contributed by atoms with van der Waals surface area (Å²) in [6, 6.07) is 17.1. The van der Waals surface area contributed by atoms with Crippen molar-refractivity contribution in [3.8, 4) is 5.75 Å². The van der Waals surface area contributed by atoms with Gasteiger partial charge in [-0.3, -0.25) is 9.59 Å². The quantitative estimate of drug-likeness (QED) is 0.911. The predicted octanol–water partition coefficient (Wildman–Crippen LogP) is 2.38. The highest BCUT2D eigenvalue weighted by Crippen LogP contribution is 2.30. The second kappa shape index (κ2) is 7.38. The van der Waals surface area contributed by atoms with Crippen LogP contribution in [0.4, 0.5) is 0 Å². The van der Waals surface area contributed by atoms with Gasteiger partial charge in [0.25, 0.3) is 0 Å². The van der Waals surface area contributed by atoms with E-state index < -0.39 is 0 Å². The van der Waals surface area contributed by atoms with Crippen LogP contribution in [-0.4, -0.2) is 37.4 Å². The van der Waals surface area contributed by atoms with E-state index in [-0.39, 0.29) is 30.2 Å². The Morgan fingerprint density at radius 1 is 1.16 bits per heavy atom. The number of likely N-dealkylation sites (tertiary alicyclic amines) is 1. The van der Waals surface area contributed by atoms with Crippen LogP contribution in [-0.2, 0) is 9.59 Å². The SMILES string of the molecule is COc1ccccc1[C@H](NC(=O)[C@H]1CC(=O)N(C)C1)c1ccccc1. The number of methoxy groups -OCH3 is 1. The zero-order valence-corrected chi connectivity index (χ0v) is 14.4. The summed E-state index contributed by atoms with van der Waals surface area (Å²) in [5, 5.41) is 3.11. The lowest BCUT2D eigenvalue weighted by Gasteiger charge is -2.23. The molecular weight excluding hydrogens is 316 g/mol. The van der Waals surface area contributed by atoms with Gasteiger partial charge in [0.05, 0.1) is 19.1 Å². The molecular formula is C20H22N2O3. The van der Waals surface area contributed by atoms with Crippen LogP contribution in [0.5, 0.6) is 5.75 Å². The van der Waals surface area contributed by atoms with Gasteiger partial charge in [0.1, 0.15) is 5.75 Å². The maximum absolute atomic E-state index is 12.8. The van der Waals surface area contributed by atoms with Gasteiger partial charge in [-0.15, -0.1) is 0 Å². The number of nitrogens with one attached hydrogen (secondary N) is 1. The van der Waals surface area contributed by atoms with Crippen LogP contribution in [0.2, 0.25) is 0 Å². The number of hydrogen-bond donors (Lipinski definition) is 1. The predicted molar refractivity (Wildman–Crippen MR) is 95.2 cm³/mol. The largest absolute Gasteiger partial charge is 0.496 e. The lowest BCUT2D eigenvalue weighted by molar-refractivity contribution is -0.128. The number of para-hydroxylation sites is 1.